The summed E-state index contributed by atoms with van der Waals surface area (Å²) in [5, 5.41) is 12.1. The first-order chi connectivity index (χ1) is 16.5. The monoisotopic (exact) mass is 475 g/mol. The number of sulfonamides is 1. The van der Waals surface area contributed by atoms with E-state index in [1.807, 2.05) is 16.8 Å². The van der Waals surface area contributed by atoms with E-state index in [1.165, 1.54) is 44.1 Å². The highest BCUT2D eigenvalue weighted by Gasteiger charge is 2.51. The van der Waals surface area contributed by atoms with Crippen molar-refractivity contribution < 1.29 is 8.42 Å². The SMILES string of the molecule is O=S(=O)(Nc1cccc(-c2nnnn2C2CC2)c1)c1ccc(C23CC4CC(CC(C4)C2)C3)cc1. The molecule has 3 aromatic rings. The van der Waals surface area contributed by atoms with Crippen molar-refractivity contribution in [2.24, 2.45) is 17.8 Å². The molecule has 0 aliphatic heterocycles. The molecule has 1 heterocycles. The standard InChI is InChI=1S/C26H29N5O2S/c32-34(33,28-22-3-1-2-20(13-22)25-27-29-30-31(25)23-6-7-23)24-8-4-21(5-9-24)26-14-17-10-18(15-26)12-19(11-17)16-26/h1-5,8-9,13,17-19,23,28H,6-7,10-12,14-16H2. The Morgan fingerprint density at radius 2 is 1.59 bits per heavy atom. The second-order valence-electron chi connectivity index (χ2n) is 11.1. The van der Waals surface area contributed by atoms with E-state index in [0.717, 1.165) is 36.2 Å². The quantitative estimate of drug-likeness (QED) is 0.545. The van der Waals surface area contributed by atoms with E-state index in [1.54, 1.807) is 24.3 Å². The van der Waals surface area contributed by atoms with Crippen molar-refractivity contribution in [3.8, 4) is 11.4 Å². The van der Waals surface area contributed by atoms with E-state index in [9.17, 15) is 8.42 Å². The topological polar surface area (TPSA) is 89.8 Å². The maximum Gasteiger partial charge on any atom is 0.261 e. The Hall–Kier alpha value is -2.74. The fraction of sp³-hybridized carbons (Fsp3) is 0.500. The normalized spacial score (nSPS) is 29.9. The van der Waals surface area contributed by atoms with Gasteiger partial charge in [-0.3, -0.25) is 4.72 Å². The van der Waals surface area contributed by atoms with Crippen LogP contribution in [0.4, 0.5) is 5.69 Å². The Kier molecular flexibility index (Phi) is 4.47. The average Bonchev–Trinajstić information content (AvgIpc) is 3.54. The number of hydrogen-bond acceptors (Lipinski definition) is 5. The Bertz CT molecular complexity index is 1310. The van der Waals surface area contributed by atoms with Crippen molar-refractivity contribution in [2.75, 3.05) is 4.72 Å². The van der Waals surface area contributed by atoms with Crippen LogP contribution in [0.15, 0.2) is 53.4 Å². The van der Waals surface area contributed by atoms with Crippen molar-refractivity contribution in [1.82, 2.24) is 20.2 Å². The zero-order valence-electron chi connectivity index (χ0n) is 19.1. The van der Waals surface area contributed by atoms with Crippen molar-refractivity contribution >= 4 is 15.7 Å². The number of anilines is 1. The highest BCUT2D eigenvalue weighted by atomic mass is 32.2. The van der Waals surface area contributed by atoms with Gasteiger partial charge in [-0.25, -0.2) is 13.1 Å². The lowest BCUT2D eigenvalue weighted by Crippen LogP contribution is -2.48. The molecule has 4 bridgehead atoms. The smallest absolute Gasteiger partial charge is 0.261 e. The number of aromatic nitrogens is 4. The van der Waals surface area contributed by atoms with E-state index in [4.69, 9.17) is 0 Å². The molecule has 0 radical (unpaired) electrons. The van der Waals surface area contributed by atoms with Gasteiger partial charge in [-0.05, 0) is 115 Å². The predicted octanol–water partition coefficient (Wildman–Crippen LogP) is 4.94. The van der Waals surface area contributed by atoms with Gasteiger partial charge >= 0.3 is 0 Å². The fourth-order valence-electron chi connectivity index (χ4n) is 7.34. The first-order valence-corrected chi connectivity index (χ1v) is 14.0. The van der Waals surface area contributed by atoms with Gasteiger partial charge in [-0.1, -0.05) is 24.3 Å². The van der Waals surface area contributed by atoms with E-state index in [0.29, 0.717) is 22.4 Å². The summed E-state index contributed by atoms with van der Waals surface area (Å²) in [7, 11) is -3.69. The maximum atomic E-state index is 13.2. The Morgan fingerprint density at radius 3 is 2.24 bits per heavy atom. The molecule has 1 N–H and O–H groups in total. The molecule has 0 saturated heterocycles. The molecule has 176 valence electrons. The minimum absolute atomic E-state index is 0.268. The molecular weight excluding hydrogens is 446 g/mol. The van der Waals surface area contributed by atoms with Crippen molar-refractivity contribution in [3.05, 3.63) is 54.1 Å². The summed E-state index contributed by atoms with van der Waals surface area (Å²) in [6.45, 7) is 0. The van der Waals surface area contributed by atoms with Gasteiger partial charge in [-0.2, -0.15) is 0 Å². The Labute approximate surface area is 200 Å². The molecule has 8 rings (SSSR count). The maximum absolute atomic E-state index is 13.2. The van der Waals surface area contributed by atoms with E-state index < -0.39 is 10.0 Å². The van der Waals surface area contributed by atoms with Crippen LogP contribution >= 0.6 is 0 Å². The molecule has 0 unspecified atom stereocenters. The zero-order chi connectivity index (χ0) is 22.9. The van der Waals surface area contributed by atoms with Gasteiger partial charge in [0.15, 0.2) is 5.82 Å². The molecule has 1 aromatic heterocycles. The van der Waals surface area contributed by atoms with Crippen molar-refractivity contribution in [2.45, 2.75) is 67.7 Å². The van der Waals surface area contributed by atoms with Crippen LogP contribution in [0.1, 0.15) is 63.0 Å². The van der Waals surface area contributed by atoms with Crippen LogP contribution in [0.3, 0.4) is 0 Å². The van der Waals surface area contributed by atoms with Crippen LogP contribution < -0.4 is 4.72 Å². The summed E-state index contributed by atoms with van der Waals surface area (Å²) in [4.78, 5) is 0.300. The summed E-state index contributed by atoms with van der Waals surface area (Å²) in [5.74, 6) is 3.27. The lowest BCUT2D eigenvalue weighted by Gasteiger charge is -2.57. The summed E-state index contributed by atoms with van der Waals surface area (Å²) < 4.78 is 31.0. The molecule has 5 aliphatic carbocycles. The number of rotatable bonds is 6. The highest BCUT2D eigenvalue weighted by Crippen LogP contribution is 2.60. The van der Waals surface area contributed by atoms with Gasteiger partial charge in [0.25, 0.3) is 10.0 Å². The molecule has 5 aliphatic rings. The summed E-state index contributed by atoms with van der Waals surface area (Å²) >= 11 is 0. The molecule has 7 nitrogen and oxygen atoms in total. The number of benzene rings is 2. The molecule has 0 atom stereocenters. The van der Waals surface area contributed by atoms with Crippen LogP contribution in [-0.4, -0.2) is 28.6 Å². The first kappa shape index (κ1) is 20.6. The Morgan fingerprint density at radius 1 is 0.912 bits per heavy atom. The second kappa shape index (κ2) is 7.38. The minimum atomic E-state index is -3.69. The van der Waals surface area contributed by atoms with Crippen molar-refractivity contribution in [1.29, 1.82) is 0 Å². The highest BCUT2D eigenvalue weighted by molar-refractivity contribution is 7.92. The second-order valence-corrected chi connectivity index (χ2v) is 12.8. The number of nitrogens with zero attached hydrogens (tertiary/aromatic N) is 4. The van der Waals surface area contributed by atoms with Crippen LogP contribution in [0.25, 0.3) is 11.4 Å². The predicted molar refractivity (Wildman–Crippen MR) is 129 cm³/mol. The number of tetrazole rings is 1. The van der Waals surface area contributed by atoms with E-state index in [-0.39, 0.29) is 5.41 Å². The lowest BCUT2D eigenvalue weighted by molar-refractivity contribution is -0.00521. The molecular formula is C26H29N5O2S. The molecule has 8 heteroatoms. The van der Waals surface area contributed by atoms with E-state index >= 15 is 0 Å². The van der Waals surface area contributed by atoms with Gasteiger partial charge in [0.05, 0.1) is 10.9 Å². The molecule has 5 saturated carbocycles. The summed E-state index contributed by atoms with van der Waals surface area (Å²) in [6, 6.07) is 15.4. The van der Waals surface area contributed by atoms with E-state index in [2.05, 4.69) is 32.4 Å². The first-order valence-electron chi connectivity index (χ1n) is 12.5. The fourth-order valence-corrected chi connectivity index (χ4v) is 8.39. The van der Waals surface area contributed by atoms with Gasteiger partial charge in [0.1, 0.15) is 0 Å². The lowest BCUT2D eigenvalue weighted by atomic mass is 9.48. The van der Waals surface area contributed by atoms with Gasteiger partial charge in [0.2, 0.25) is 0 Å². The minimum Gasteiger partial charge on any atom is -0.280 e. The third-order valence-electron chi connectivity index (χ3n) is 8.57. The van der Waals surface area contributed by atoms with Gasteiger partial charge in [0, 0.05) is 11.3 Å². The van der Waals surface area contributed by atoms with Gasteiger partial charge < -0.3 is 0 Å². The summed E-state index contributed by atoms with van der Waals surface area (Å²) in [5.41, 5.74) is 2.91. The zero-order valence-corrected chi connectivity index (χ0v) is 19.9. The van der Waals surface area contributed by atoms with Crippen LogP contribution in [0, 0.1) is 17.8 Å². The van der Waals surface area contributed by atoms with Crippen LogP contribution in [-0.2, 0) is 15.4 Å². The largest absolute Gasteiger partial charge is 0.280 e. The van der Waals surface area contributed by atoms with Crippen molar-refractivity contribution in [3.63, 3.8) is 0 Å². The number of hydrogen-bond donors (Lipinski definition) is 1. The molecule has 2 aromatic carbocycles. The molecule has 34 heavy (non-hydrogen) atoms. The molecule has 5 fully saturated rings. The van der Waals surface area contributed by atoms with Crippen LogP contribution in [0.5, 0.6) is 0 Å². The summed E-state index contributed by atoms with van der Waals surface area (Å²) in [6.07, 6.45) is 10.2. The Balaban J connectivity index is 1.13. The average molecular weight is 476 g/mol. The third kappa shape index (κ3) is 3.45. The third-order valence-corrected chi connectivity index (χ3v) is 9.97. The van der Waals surface area contributed by atoms with Gasteiger partial charge in [-0.15, -0.1) is 5.10 Å². The molecule has 0 amide bonds. The van der Waals surface area contributed by atoms with Crippen LogP contribution in [0.2, 0.25) is 0 Å². The molecule has 0 spiro atoms. The number of nitrogens with one attached hydrogen (secondary N) is 1.